The summed E-state index contributed by atoms with van der Waals surface area (Å²) >= 11 is 0. The van der Waals surface area contributed by atoms with E-state index in [2.05, 4.69) is 5.32 Å². The van der Waals surface area contributed by atoms with Crippen LogP contribution in [0.25, 0.3) is 0 Å². The van der Waals surface area contributed by atoms with Crippen LogP contribution in [0, 0.1) is 11.2 Å². The van der Waals surface area contributed by atoms with Crippen molar-refractivity contribution in [1.29, 1.82) is 0 Å². The van der Waals surface area contributed by atoms with Gasteiger partial charge in [0.15, 0.2) is 5.78 Å². The van der Waals surface area contributed by atoms with Crippen LogP contribution < -0.4 is 15.0 Å². The van der Waals surface area contributed by atoms with Crippen molar-refractivity contribution < 1.29 is 28.6 Å². The Balaban J connectivity index is 1.36. The molecule has 0 saturated heterocycles. The molecule has 0 fully saturated rings. The van der Waals surface area contributed by atoms with Crippen LogP contribution in [0.2, 0.25) is 0 Å². The highest BCUT2D eigenvalue weighted by Gasteiger charge is 2.29. The van der Waals surface area contributed by atoms with Crippen LogP contribution in [0.15, 0.2) is 103 Å². The van der Waals surface area contributed by atoms with E-state index >= 15 is 0 Å². The highest BCUT2D eigenvalue weighted by molar-refractivity contribution is 6.12. The number of amides is 1. The number of ether oxygens (including phenoxy) is 1. The van der Waals surface area contributed by atoms with Gasteiger partial charge in [-0.05, 0) is 48.4 Å². The number of ketones is 1. The van der Waals surface area contributed by atoms with E-state index in [-0.39, 0.29) is 30.3 Å². The predicted molar refractivity (Wildman–Crippen MR) is 170 cm³/mol. The van der Waals surface area contributed by atoms with Gasteiger partial charge in [0, 0.05) is 35.2 Å². The van der Waals surface area contributed by atoms with Crippen molar-refractivity contribution in [2.24, 2.45) is 5.41 Å². The number of carbonyl (C=O) groups is 3. The molecule has 0 radical (unpaired) electrons. The van der Waals surface area contributed by atoms with Gasteiger partial charge in [-0.3, -0.25) is 9.59 Å². The molecule has 0 unspecified atom stereocenters. The number of carboxylic acids is 1. The highest BCUT2D eigenvalue weighted by atomic mass is 19.1. The normalized spacial score (nSPS) is 11.8. The molecule has 4 rings (SSSR count). The number of hydrogen-bond donors (Lipinski definition) is 2. The van der Waals surface area contributed by atoms with Crippen LogP contribution in [0.1, 0.15) is 48.7 Å². The summed E-state index contributed by atoms with van der Waals surface area (Å²) in [6.07, 6.45) is 0.653. The molecule has 44 heavy (non-hydrogen) atoms. The average Bonchev–Trinajstić information content (AvgIpc) is 3.01. The molecule has 228 valence electrons. The first kappa shape index (κ1) is 31.9. The van der Waals surface area contributed by atoms with Gasteiger partial charge in [0.2, 0.25) is 5.91 Å². The zero-order valence-electron chi connectivity index (χ0n) is 25.1. The second kappa shape index (κ2) is 14.5. The van der Waals surface area contributed by atoms with Crippen molar-refractivity contribution in [2.45, 2.75) is 39.7 Å². The lowest BCUT2D eigenvalue weighted by Gasteiger charge is -2.30. The summed E-state index contributed by atoms with van der Waals surface area (Å²) in [5.74, 6) is -1.29. The van der Waals surface area contributed by atoms with E-state index in [0.29, 0.717) is 35.6 Å². The summed E-state index contributed by atoms with van der Waals surface area (Å²) in [5, 5.41) is 13.0. The molecule has 0 aliphatic heterocycles. The summed E-state index contributed by atoms with van der Waals surface area (Å²) in [6, 6.07) is 28.1. The van der Waals surface area contributed by atoms with Gasteiger partial charge in [-0.15, -0.1) is 0 Å². The number of aliphatic carboxylic acids is 1. The monoisotopic (exact) mass is 596 g/mol. The fourth-order valence-electron chi connectivity index (χ4n) is 4.72. The standard InChI is InChI=1S/C36H37FN2O5/c1-36(2,3)35(43)39(32-17-10-8-15-29(32)37)22-11-23-44-27-20-18-25(19-21-27)24-31(34(41)42)38-30-16-9-7-14-28(30)33(40)26-12-5-4-6-13-26/h4-10,12-21,31,38H,11,22-24H2,1-3H3,(H,41,42)/t31-/m0/s1. The Bertz CT molecular complexity index is 1580. The molecular weight excluding hydrogens is 559 g/mol. The van der Waals surface area contributed by atoms with Gasteiger partial charge in [-0.25, -0.2) is 9.18 Å². The molecule has 0 heterocycles. The van der Waals surface area contributed by atoms with Crippen LogP contribution in [0.3, 0.4) is 0 Å². The van der Waals surface area contributed by atoms with E-state index in [0.717, 1.165) is 5.56 Å². The SMILES string of the molecule is CC(C)(C)C(=O)N(CCCOc1ccc(C[C@H](Nc2ccccc2C(=O)c2ccccc2)C(=O)O)cc1)c1ccccc1F. The third-order valence-corrected chi connectivity index (χ3v) is 7.02. The number of halogens is 1. The Kier molecular flexibility index (Phi) is 10.5. The van der Waals surface area contributed by atoms with E-state index in [1.165, 1.54) is 11.0 Å². The number of para-hydroxylation sites is 2. The van der Waals surface area contributed by atoms with E-state index in [1.807, 2.05) is 6.07 Å². The third kappa shape index (κ3) is 8.31. The van der Waals surface area contributed by atoms with Crippen LogP contribution in [0.5, 0.6) is 5.75 Å². The Morgan fingerprint density at radius 3 is 2.16 bits per heavy atom. The largest absolute Gasteiger partial charge is 0.494 e. The maximum Gasteiger partial charge on any atom is 0.326 e. The first-order chi connectivity index (χ1) is 21.0. The van der Waals surface area contributed by atoms with Crippen molar-refractivity contribution >= 4 is 29.0 Å². The molecule has 0 saturated carbocycles. The minimum Gasteiger partial charge on any atom is -0.494 e. The fourth-order valence-corrected chi connectivity index (χ4v) is 4.72. The topological polar surface area (TPSA) is 95.9 Å². The highest BCUT2D eigenvalue weighted by Crippen LogP contribution is 2.26. The molecule has 8 heteroatoms. The van der Waals surface area contributed by atoms with E-state index in [1.54, 1.807) is 112 Å². The van der Waals surface area contributed by atoms with E-state index in [4.69, 9.17) is 4.74 Å². The van der Waals surface area contributed by atoms with Crippen LogP contribution in [-0.4, -0.2) is 42.0 Å². The Morgan fingerprint density at radius 1 is 0.864 bits per heavy atom. The molecule has 0 spiro atoms. The summed E-state index contributed by atoms with van der Waals surface area (Å²) in [5.41, 5.74) is 1.69. The number of anilines is 2. The number of rotatable bonds is 13. The average molecular weight is 597 g/mol. The Labute approximate surface area is 257 Å². The summed E-state index contributed by atoms with van der Waals surface area (Å²) in [7, 11) is 0. The molecule has 1 atom stereocenters. The summed E-state index contributed by atoms with van der Waals surface area (Å²) in [6.45, 7) is 5.99. The van der Waals surface area contributed by atoms with Gasteiger partial charge in [0.25, 0.3) is 0 Å². The van der Waals surface area contributed by atoms with Gasteiger partial charge in [0.05, 0.1) is 12.3 Å². The molecule has 7 nitrogen and oxygen atoms in total. The molecule has 4 aromatic carbocycles. The first-order valence-electron chi connectivity index (χ1n) is 14.5. The number of nitrogens with zero attached hydrogens (tertiary/aromatic N) is 1. The first-order valence-corrected chi connectivity index (χ1v) is 14.5. The second-order valence-electron chi connectivity index (χ2n) is 11.5. The molecule has 1 amide bonds. The minimum atomic E-state index is -1.04. The van der Waals surface area contributed by atoms with Crippen LogP contribution in [-0.2, 0) is 16.0 Å². The number of nitrogens with one attached hydrogen (secondary N) is 1. The molecule has 0 aliphatic carbocycles. The number of hydrogen-bond acceptors (Lipinski definition) is 5. The van der Waals surface area contributed by atoms with Gasteiger partial charge in [0.1, 0.15) is 17.6 Å². The Morgan fingerprint density at radius 2 is 1.50 bits per heavy atom. The van der Waals surface area contributed by atoms with Gasteiger partial charge in [-0.2, -0.15) is 0 Å². The van der Waals surface area contributed by atoms with Crippen molar-refractivity contribution in [1.82, 2.24) is 0 Å². The molecular formula is C36H37FN2O5. The van der Waals surface area contributed by atoms with Crippen molar-refractivity contribution in [3.8, 4) is 5.75 Å². The smallest absolute Gasteiger partial charge is 0.326 e. The van der Waals surface area contributed by atoms with Crippen LogP contribution in [0.4, 0.5) is 15.8 Å². The van der Waals surface area contributed by atoms with Crippen molar-refractivity contribution in [2.75, 3.05) is 23.4 Å². The van der Waals surface area contributed by atoms with Crippen molar-refractivity contribution in [3.63, 3.8) is 0 Å². The molecule has 0 aliphatic rings. The number of carboxylic acid groups (broad SMARTS) is 1. The predicted octanol–water partition coefficient (Wildman–Crippen LogP) is 7.01. The number of carbonyl (C=O) groups excluding carboxylic acids is 2. The molecule has 0 aromatic heterocycles. The lowest BCUT2D eigenvalue weighted by atomic mass is 9.94. The van der Waals surface area contributed by atoms with Gasteiger partial charge >= 0.3 is 5.97 Å². The maximum atomic E-state index is 14.5. The fraction of sp³-hybridized carbons (Fsp3) is 0.250. The molecule has 0 bridgehead atoms. The lowest BCUT2D eigenvalue weighted by molar-refractivity contribution is -0.137. The summed E-state index contributed by atoms with van der Waals surface area (Å²) in [4.78, 5) is 39.8. The zero-order valence-corrected chi connectivity index (χ0v) is 25.1. The van der Waals surface area contributed by atoms with Crippen LogP contribution >= 0.6 is 0 Å². The quantitative estimate of drug-likeness (QED) is 0.127. The second-order valence-corrected chi connectivity index (χ2v) is 11.5. The number of benzene rings is 4. The van der Waals surface area contributed by atoms with Gasteiger partial charge < -0.3 is 20.1 Å². The van der Waals surface area contributed by atoms with Crippen molar-refractivity contribution in [3.05, 3.63) is 126 Å². The summed E-state index contributed by atoms with van der Waals surface area (Å²) < 4.78 is 20.4. The maximum absolute atomic E-state index is 14.5. The Hall–Kier alpha value is -4.98. The van der Waals surface area contributed by atoms with Gasteiger partial charge in [-0.1, -0.05) is 87.5 Å². The zero-order chi connectivity index (χ0) is 31.7. The lowest BCUT2D eigenvalue weighted by Crippen LogP contribution is -2.41. The van der Waals surface area contributed by atoms with E-state index in [9.17, 15) is 23.9 Å². The van der Waals surface area contributed by atoms with E-state index < -0.39 is 23.2 Å². The molecule has 2 N–H and O–H groups in total. The third-order valence-electron chi connectivity index (χ3n) is 7.02. The molecule has 4 aromatic rings. The minimum absolute atomic E-state index is 0.177.